The first-order chi connectivity index (χ1) is 39.6. The first-order valence-electron chi connectivity index (χ1n) is 26.9. The molecule has 3 aromatic heterocycles. The molecule has 0 fully saturated rings. The Morgan fingerprint density at radius 1 is 0.212 bits per heavy atom. The van der Waals surface area contributed by atoms with Crippen molar-refractivity contribution in [3.05, 3.63) is 243 Å². The standard InChI is InChI=1S/C72H42N8/c1-5-13-41(14-6-1)49-25-21-45-29-33-53-61(57(45)37-49)69-73-65(53)78-70-63-55(35-31-47-23-27-51(39-59(47)63)43-17-9-3-10-18-43)67(75-70)80-72-64-56(36-32-48-24-28-52(40-60(48)64)44-19-11-4-12-20-44)68(76-72)79-71-62-54(66(74-71)77-69)34-30-46-22-26-50(38-58(46)62)42-15-7-2-8-16-42/h1-40H,(H2,73,74,75,76,77,78,79,80). The second kappa shape index (κ2) is 17.3. The zero-order valence-corrected chi connectivity index (χ0v) is 42.8. The first-order valence-corrected chi connectivity index (χ1v) is 26.9. The Bertz CT molecular complexity index is 4950. The number of aromatic amines is 2. The molecule has 0 aliphatic carbocycles. The zero-order valence-electron chi connectivity index (χ0n) is 42.8. The van der Waals surface area contributed by atoms with Crippen molar-refractivity contribution in [2.45, 2.75) is 0 Å². The number of nitrogens with one attached hydrogen (secondary N) is 2. The largest absolute Gasteiger partial charge is 0.324 e. The van der Waals surface area contributed by atoms with E-state index in [1.165, 1.54) is 0 Å². The summed E-state index contributed by atoms with van der Waals surface area (Å²) >= 11 is 0. The van der Waals surface area contributed by atoms with Gasteiger partial charge in [-0.05, 0) is 136 Å². The molecule has 2 aliphatic heterocycles. The van der Waals surface area contributed by atoms with Gasteiger partial charge in [0.15, 0.2) is 23.3 Å². The van der Waals surface area contributed by atoms with Gasteiger partial charge in [-0.2, -0.15) is 0 Å². The molecule has 370 valence electrons. The number of aromatic nitrogens is 8. The van der Waals surface area contributed by atoms with Gasteiger partial charge in [0, 0.05) is 43.8 Å². The molecule has 80 heavy (non-hydrogen) atoms. The van der Waals surface area contributed by atoms with E-state index in [-0.39, 0.29) is 0 Å². The van der Waals surface area contributed by atoms with Gasteiger partial charge >= 0.3 is 0 Å². The highest BCUT2D eigenvalue weighted by Crippen LogP contribution is 2.45. The van der Waals surface area contributed by atoms with Gasteiger partial charge in [0.1, 0.15) is 22.6 Å². The predicted octanol–water partition coefficient (Wildman–Crippen LogP) is 18.1. The van der Waals surface area contributed by atoms with Gasteiger partial charge < -0.3 is 9.97 Å². The van der Waals surface area contributed by atoms with Crippen molar-refractivity contribution in [1.29, 1.82) is 0 Å². The summed E-state index contributed by atoms with van der Waals surface area (Å²) in [6.07, 6.45) is 0. The van der Waals surface area contributed by atoms with E-state index in [0.717, 1.165) is 131 Å². The van der Waals surface area contributed by atoms with E-state index in [4.69, 9.17) is 29.9 Å². The van der Waals surface area contributed by atoms with Gasteiger partial charge in [0.05, 0.1) is 0 Å². The van der Waals surface area contributed by atoms with E-state index in [2.05, 4.69) is 253 Å². The number of hydrogen-bond acceptors (Lipinski definition) is 6. The highest BCUT2D eigenvalue weighted by Gasteiger charge is 2.27. The smallest absolute Gasteiger partial charge is 0.165 e. The summed E-state index contributed by atoms with van der Waals surface area (Å²) in [5.74, 6) is 2.18. The van der Waals surface area contributed by atoms with Crippen LogP contribution in [0.1, 0.15) is 0 Å². The lowest BCUT2D eigenvalue weighted by Crippen LogP contribution is -1.87. The Morgan fingerprint density at radius 2 is 0.512 bits per heavy atom. The quantitative estimate of drug-likeness (QED) is 0.182. The van der Waals surface area contributed by atoms with Crippen LogP contribution >= 0.6 is 0 Å². The number of hydrogen-bond donors (Lipinski definition) is 2. The third-order valence-electron chi connectivity index (χ3n) is 16.2. The van der Waals surface area contributed by atoms with Crippen molar-refractivity contribution in [2.24, 2.45) is 0 Å². The van der Waals surface area contributed by atoms with Gasteiger partial charge in [-0.15, -0.1) is 0 Å². The molecule has 0 atom stereocenters. The number of benzene rings is 12. The molecule has 0 saturated carbocycles. The molecule has 0 amide bonds. The molecule has 0 radical (unpaired) electrons. The minimum absolute atomic E-state index is 0.543. The van der Waals surface area contributed by atoms with Crippen LogP contribution in [0.25, 0.3) is 177 Å². The minimum Gasteiger partial charge on any atom is -0.324 e. The second-order valence-corrected chi connectivity index (χ2v) is 20.8. The molecule has 17 rings (SSSR count). The molecule has 8 bridgehead atoms. The summed E-state index contributed by atoms with van der Waals surface area (Å²) in [5, 5.41) is 12.1. The van der Waals surface area contributed by atoms with Crippen LogP contribution in [-0.2, 0) is 0 Å². The Hall–Kier alpha value is -11.0. The minimum atomic E-state index is 0.543. The zero-order chi connectivity index (χ0) is 52.4. The van der Waals surface area contributed by atoms with E-state index in [1.54, 1.807) is 0 Å². The van der Waals surface area contributed by atoms with E-state index in [0.29, 0.717) is 45.9 Å². The van der Waals surface area contributed by atoms with Crippen LogP contribution in [0.15, 0.2) is 243 Å². The summed E-state index contributed by atoms with van der Waals surface area (Å²) in [4.78, 5) is 41.1. The molecule has 2 aliphatic rings. The molecule has 0 spiro atoms. The lowest BCUT2D eigenvalue weighted by atomic mass is 9.95. The first kappa shape index (κ1) is 44.2. The van der Waals surface area contributed by atoms with Crippen LogP contribution in [0.5, 0.6) is 0 Å². The van der Waals surface area contributed by atoms with Crippen LogP contribution in [-0.4, -0.2) is 39.9 Å². The highest BCUT2D eigenvalue weighted by atomic mass is 15.1. The maximum Gasteiger partial charge on any atom is 0.165 e. The molecule has 5 heterocycles. The van der Waals surface area contributed by atoms with Crippen molar-refractivity contribution in [3.8, 4) is 90.1 Å². The van der Waals surface area contributed by atoms with Crippen molar-refractivity contribution >= 4 is 87.2 Å². The maximum atomic E-state index is 5.63. The monoisotopic (exact) mass is 1020 g/mol. The van der Waals surface area contributed by atoms with Crippen LogP contribution in [0, 0.1) is 0 Å². The average molecular weight is 1020 g/mol. The molecule has 0 unspecified atom stereocenters. The number of fused-ring (bicyclic) bond motifs is 28. The fourth-order valence-corrected chi connectivity index (χ4v) is 12.3. The molecule has 2 N–H and O–H groups in total. The highest BCUT2D eigenvalue weighted by molar-refractivity contribution is 6.21. The number of rotatable bonds is 4. The number of H-pyrrole nitrogens is 2. The van der Waals surface area contributed by atoms with Crippen molar-refractivity contribution in [2.75, 3.05) is 0 Å². The fraction of sp³-hybridized carbons (Fsp3) is 0. The van der Waals surface area contributed by atoms with E-state index in [9.17, 15) is 0 Å². The van der Waals surface area contributed by atoms with Gasteiger partial charge in [-0.1, -0.05) is 194 Å². The lowest BCUT2D eigenvalue weighted by molar-refractivity contribution is 1.19. The van der Waals surface area contributed by atoms with Crippen LogP contribution in [0.2, 0.25) is 0 Å². The fourth-order valence-electron chi connectivity index (χ4n) is 12.3. The van der Waals surface area contributed by atoms with E-state index in [1.807, 2.05) is 0 Å². The molecule has 8 heteroatoms. The second-order valence-electron chi connectivity index (χ2n) is 20.8. The van der Waals surface area contributed by atoms with Gasteiger partial charge in [0.25, 0.3) is 0 Å². The lowest BCUT2D eigenvalue weighted by Gasteiger charge is -2.08. The Balaban J connectivity index is 1.04. The van der Waals surface area contributed by atoms with Gasteiger partial charge in [-0.25, -0.2) is 29.9 Å². The Labute approximate surface area is 457 Å². The summed E-state index contributed by atoms with van der Waals surface area (Å²) < 4.78 is 0. The van der Waals surface area contributed by atoms with Crippen molar-refractivity contribution in [1.82, 2.24) is 39.9 Å². The van der Waals surface area contributed by atoms with E-state index < -0.39 is 0 Å². The molecule has 8 nitrogen and oxygen atoms in total. The van der Waals surface area contributed by atoms with Crippen molar-refractivity contribution in [3.63, 3.8) is 0 Å². The molecular formula is C72H42N8. The van der Waals surface area contributed by atoms with Gasteiger partial charge in [-0.3, -0.25) is 0 Å². The molecule has 12 aromatic carbocycles. The normalized spacial score (nSPS) is 12.0. The van der Waals surface area contributed by atoms with Gasteiger partial charge in [0.2, 0.25) is 0 Å². The van der Waals surface area contributed by atoms with Crippen LogP contribution < -0.4 is 0 Å². The summed E-state index contributed by atoms with van der Waals surface area (Å²) in [6, 6.07) is 85.9. The Morgan fingerprint density at radius 3 is 0.875 bits per heavy atom. The van der Waals surface area contributed by atoms with Crippen LogP contribution in [0.3, 0.4) is 0 Å². The summed E-state index contributed by atoms with van der Waals surface area (Å²) in [5.41, 5.74) is 15.0. The molecule has 0 saturated heterocycles. The van der Waals surface area contributed by atoms with E-state index >= 15 is 0 Å². The number of nitrogens with zero attached hydrogens (tertiary/aromatic N) is 6. The predicted molar refractivity (Wildman–Crippen MR) is 328 cm³/mol. The molecule has 15 aromatic rings. The SMILES string of the molecule is c1ccc(-c2ccc3ccc4c(c3c2)-c2nc-4nc3[nH]c(nc4nc(nc5[nH]c(n2)c2ccc6ccc(-c7ccccc7)cc6c52)-c2ccc5ccc(-c6ccccc6)cc5c2-4)c2ccc4ccc(-c5ccccc5)cc4c32)cc1. The summed E-state index contributed by atoms with van der Waals surface area (Å²) in [7, 11) is 0. The average Bonchev–Trinajstić information content (AvgIpc) is 4.47. The Kier molecular flexibility index (Phi) is 9.54. The summed E-state index contributed by atoms with van der Waals surface area (Å²) in [6.45, 7) is 0. The van der Waals surface area contributed by atoms with Crippen LogP contribution in [0.4, 0.5) is 0 Å². The maximum absolute atomic E-state index is 5.63. The van der Waals surface area contributed by atoms with Crippen molar-refractivity contribution < 1.29 is 0 Å². The topological polar surface area (TPSA) is 109 Å². The molecular weight excluding hydrogens is 977 g/mol. The third kappa shape index (κ3) is 6.95. The third-order valence-corrected chi connectivity index (χ3v) is 16.2.